The molecule has 0 heterocycles. The van der Waals surface area contributed by atoms with Crippen molar-refractivity contribution in [3.8, 4) is 11.5 Å². The molecule has 0 saturated heterocycles. The van der Waals surface area contributed by atoms with E-state index >= 15 is 0 Å². The molecule has 3 aromatic rings. The van der Waals surface area contributed by atoms with Crippen LogP contribution in [0.4, 0.5) is 0 Å². The Kier molecular flexibility index (Phi) is 7.35. The topological polar surface area (TPSA) is 64.6 Å². The van der Waals surface area contributed by atoms with Crippen molar-refractivity contribution >= 4 is 11.9 Å². The summed E-state index contributed by atoms with van der Waals surface area (Å²) < 4.78 is 11.1. The van der Waals surface area contributed by atoms with Crippen LogP contribution in [0.5, 0.6) is 11.5 Å². The number of nitrogens with one attached hydrogen (secondary N) is 1. The smallest absolute Gasteiger partial charge is 0.343 e. The first-order chi connectivity index (χ1) is 14.5. The van der Waals surface area contributed by atoms with Crippen molar-refractivity contribution in [2.24, 2.45) is 0 Å². The Morgan fingerprint density at radius 2 is 1.30 bits per heavy atom. The molecular weight excluding hydrogens is 378 g/mol. The first-order valence-corrected chi connectivity index (χ1v) is 9.93. The Morgan fingerprint density at radius 3 is 1.83 bits per heavy atom. The standard InChI is InChI=1S/C25H25NO4/c1-18(2)26-16-15-19-13-14-22(29-24(27)20-9-5-3-6-10-20)23(17-19)30-25(28)21-11-7-4-8-12-21/h3-14,17-18,26H,15-16H2,1-2H3. The van der Waals surface area contributed by atoms with Crippen molar-refractivity contribution < 1.29 is 19.1 Å². The second kappa shape index (κ2) is 10.4. The summed E-state index contributed by atoms with van der Waals surface area (Å²) in [5.74, 6) is -0.601. The maximum atomic E-state index is 12.6. The molecule has 3 rings (SSSR count). The van der Waals surface area contributed by atoms with Crippen molar-refractivity contribution in [3.63, 3.8) is 0 Å². The number of benzene rings is 3. The van der Waals surface area contributed by atoms with E-state index in [1.165, 1.54) is 0 Å². The number of rotatable bonds is 8. The lowest BCUT2D eigenvalue weighted by Crippen LogP contribution is -2.25. The van der Waals surface area contributed by atoms with E-state index in [4.69, 9.17) is 9.47 Å². The van der Waals surface area contributed by atoms with Gasteiger partial charge in [0.25, 0.3) is 0 Å². The molecule has 1 N–H and O–H groups in total. The molecule has 30 heavy (non-hydrogen) atoms. The normalized spacial score (nSPS) is 10.6. The average molecular weight is 403 g/mol. The number of carbonyl (C=O) groups is 2. The van der Waals surface area contributed by atoms with Gasteiger partial charge in [-0.3, -0.25) is 0 Å². The number of esters is 2. The zero-order valence-corrected chi connectivity index (χ0v) is 17.1. The van der Waals surface area contributed by atoms with Gasteiger partial charge in [0.15, 0.2) is 11.5 Å². The van der Waals surface area contributed by atoms with Crippen LogP contribution in [0.3, 0.4) is 0 Å². The predicted octanol–water partition coefficient (Wildman–Crippen LogP) is 4.67. The van der Waals surface area contributed by atoms with E-state index in [9.17, 15) is 9.59 Å². The van der Waals surface area contributed by atoms with Crippen LogP contribution >= 0.6 is 0 Å². The quantitative estimate of drug-likeness (QED) is 0.438. The summed E-state index contributed by atoms with van der Waals surface area (Å²) in [5, 5.41) is 3.36. The Bertz CT molecular complexity index is 985. The van der Waals surface area contributed by atoms with Gasteiger partial charge in [0, 0.05) is 6.04 Å². The highest BCUT2D eigenvalue weighted by Crippen LogP contribution is 2.30. The van der Waals surface area contributed by atoms with E-state index in [0.29, 0.717) is 17.2 Å². The fourth-order valence-corrected chi connectivity index (χ4v) is 2.84. The van der Waals surface area contributed by atoms with Crippen LogP contribution in [0, 0.1) is 0 Å². The summed E-state index contributed by atoms with van der Waals surface area (Å²) in [6.45, 7) is 4.95. The number of carbonyl (C=O) groups excluding carboxylic acids is 2. The van der Waals surface area contributed by atoms with Crippen molar-refractivity contribution in [3.05, 3.63) is 95.6 Å². The fraction of sp³-hybridized carbons (Fsp3) is 0.200. The molecule has 3 aromatic carbocycles. The third-order valence-electron chi connectivity index (χ3n) is 4.40. The predicted molar refractivity (Wildman–Crippen MR) is 116 cm³/mol. The van der Waals surface area contributed by atoms with Crippen LogP contribution in [-0.2, 0) is 6.42 Å². The summed E-state index contributed by atoms with van der Waals surface area (Å²) >= 11 is 0. The summed E-state index contributed by atoms with van der Waals surface area (Å²) in [4.78, 5) is 25.0. The van der Waals surface area contributed by atoms with Gasteiger partial charge in [-0.2, -0.15) is 0 Å². The Hall–Kier alpha value is -3.44. The van der Waals surface area contributed by atoms with E-state index in [1.807, 2.05) is 18.2 Å². The van der Waals surface area contributed by atoms with Crippen LogP contribution in [0.15, 0.2) is 78.9 Å². The lowest BCUT2D eigenvalue weighted by Gasteiger charge is -2.13. The zero-order valence-electron chi connectivity index (χ0n) is 17.1. The molecule has 0 radical (unpaired) electrons. The van der Waals surface area contributed by atoms with Gasteiger partial charge in [0.1, 0.15) is 0 Å². The molecular formula is C25H25NO4. The Labute approximate surface area is 176 Å². The van der Waals surface area contributed by atoms with E-state index in [-0.39, 0.29) is 11.5 Å². The maximum absolute atomic E-state index is 12.6. The average Bonchev–Trinajstić information content (AvgIpc) is 2.76. The maximum Gasteiger partial charge on any atom is 0.343 e. The second-order valence-corrected chi connectivity index (χ2v) is 7.15. The molecule has 0 fully saturated rings. The molecule has 0 aliphatic carbocycles. The van der Waals surface area contributed by atoms with Gasteiger partial charge < -0.3 is 14.8 Å². The fourth-order valence-electron chi connectivity index (χ4n) is 2.84. The summed E-state index contributed by atoms with van der Waals surface area (Å²) in [6, 6.07) is 23.1. The lowest BCUT2D eigenvalue weighted by atomic mass is 10.1. The van der Waals surface area contributed by atoms with Crippen molar-refractivity contribution in [2.75, 3.05) is 6.54 Å². The van der Waals surface area contributed by atoms with Gasteiger partial charge in [-0.05, 0) is 54.9 Å². The molecule has 0 aliphatic rings. The number of hydrogen-bond acceptors (Lipinski definition) is 5. The first kappa shape index (κ1) is 21.3. The van der Waals surface area contributed by atoms with E-state index in [1.54, 1.807) is 60.7 Å². The van der Waals surface area contributed by atoms with Gasteiger partial charge in [-0.1, -0.05) is 56.3 Å². The van der Waals surface area contributed by atoms with Crippen LogP contribution < -0.4 is 14.8 Å². The van der Waals surface area contributed by atoms with Crippen LogP contribution in [-0.4, -0.2) is 24.5 Å². The van der Waals surface area contributed by atoms with Crippen LogP contribution in [0.25, 0.3) is 0 Å². The molecule has 0 unspecified atom stereocenters. The van der Waals surface area contributed by atoms with Gasteiger partial charge in [-0.15, -0.1) is 0 Å². The SMILES string of the molecule is CC(C)NCCc1ccc(OC(=O)c2ccccc2)c(OC(=O)c2ccccc2)c1. The summed E-state index contributed by atoms with van der Waals surface area (Å²) in [7, 11) is 0. The third-order valence-corrected chi connectivity index (χ3v) is 4.40. The van der Waals surface area contributed by atoms with Gasteiger partial charge >= 0.3 is 11.9 Å². The van der Waals surface area contributed by atoms with Gasteiger partial charge in [0.05, 0.1) is 11.1 Å². The minimum atomic E-state index is -0.512. The minimum absolute atomic E-state index is 0.203. The van der Waals surface area contributed by atoms with Crippen molar-refractivity contribution in [1.29, 1.82) is 0 Å². The van der Waals surface area contributed by atoms with Crippen molar-refractivity contribution in [1.82, 2.24) is 5.32 Å². The van der Waals surface area contributed by atoms with Crippen LogP contribution in [0.2, 0.25) is 0 Å². The largest absolute Gasteiger partial charge is 0.419 e. The van der Waals surface area contributed by atoms with Gasteiger partial charge in [-0.25, -0.2) is 9.59 Å². The molecule has 0 aliphatic heterocycles. The second-order valence-electron chi connectivity index (χ2n) is 7.15. The minimum Gasteiger partial charge on any atom is -0.419 e. The Balaban J connectivity index is 1.82. The highest BCUT2D eigenvalue weighted by Gasteiger charge is 2.17. The number of hydrogen-bond donors (Lipinski definition) is 1. The molecule has 0 amide bonds. The molecule has 0 aromatic heterocycles. The number of ether oxygens (including phenoxy) is 2. The van der Waals surface area contributed by atoms with E-state index < -0.39 is 11.9 Å². The summed E-state index contributed by atoms with van der Waals surface area (Å²) in [5.41, 5.74) is 1.81. The lowest BCUT2D eigenvalue weighted by molar-refractivity contribution is 0.0682. The van der Waals surface area contributed by atoms with Gasteiger partial charge in [0.2, 0.25) is 0 Å². The van der Waals surface area contributed by atoms with Crippen LogP contribution in [0.1, 0.15) is 40.1 Å². The molecule has 5 heteroatoms. The molecule has 0 atom stereocenters. The summed E-state index contributed by atoms with van der Waals surface area (Å²) in [6.07, 6.45) is 0.751. The zero-order chi connectivity index (χ0) is 21.3. The first-order valence-electron chi connectivity index (χ1n) is 9.93. The highest BCUT2D eigenvalue weighted by atomic mass is 16.6. The molecule has 0 saturated carbocycles. The molecule has 0 spiro atoms. The third kappa shape index (κ3) is 6.03. The van der Waals surface area contributed by atoms with Crippen molar-refractivity contribution in [2.45, 2.75) is 26.3 Å². The molecule has 0 bridgehead atoms. The van der Waals surface area contributed by atoms with E-state index in [0.717, 1.165) is 18.5 Å². The highest BCUT2D eigenvalue weighted by molar-refractivity contribution is 5.93. The molecule has 5 nitrogen and oxygen atoms in total. The molecule has 154 valence electrons. The monoisotopic (exact) mass is 403 g/mol. The van der Waals surface area contributed by atoms with E-state index in [2.05, 4.69) is 19.2 Å². The Morgan fingerprint density at radius 1 is 0.767 bits per heavy atom.